The van der Waals surface area contributed by atoms with Crippen molar-refractivity contribution < 1.29 is 29.9 Å². The zero-order valence-electron chi connectivity index (χ0n) is 9.65. The molecule has 7 heteroatoms. The fraction of sp³-hybridized carbons (Fsp3) is 0.900. The van der Waals surface area contributed by atoms with Gasteiger partial charge >= 0.3 is 0 Å². The van der Waals surface area contributed by atoms with Crippen molar-refractivity contribution in [3.05, 3.63) is 0 Å². The van der Waals surface area contributed by atoms with E-state index in [1.165, 1.54) is 13.8 Å². The molecule has 0 saturated carbocycles. The summed E-state index contributed by atoms with van der Waals surface area (Å²) in [5, 5.41) is 46.3. The summed E-state index contributed by atoms with van der Waals surface area (Å²) in [6.45, 7) is 2.40. The normalized spacial score (nSPS) is 38.8. The lowest BCUT2D eigenvalue weighted by Gasteiger charge is -2.41. The quantitative estimate of drug-likeness (QED) is 0.459. The van der Waals surface area contributed by atoms with E-state index < -0.39 is 42.9 Å². The molecule has 98 valence electrons. The molecule has 0 aromatic rings. The Kier molecular flexibility index (Phi) is 4.43. The maximum Gasteiger partial charge on any atom is 0.188 e. The molecule has 1 rings (SSSR count). The lowest BCUT2D eigenvalue weighted by atomic mass is 9.99. The van der Waals surface area contributed by atoms with Gasteiger partial charge in [-0.3, -0.25) is 0 Å². The molecule has 1 aliphatic rings. The molecule has 0 bridgehead atoms. The number of aliphatic hydroxyl groups is 4. The van der Waals surface area contributed by atoms with E-state index >= 15 is 0 Å². The molecule has 1 heterocycles. The van der Waals surface area contributed by atoms with Crippen LogP contribution in [0.1, 0.15) is 13.8 Å². The lowest BCUT2D eigenvalue weighted by Crippen LogP contribution is -2.60. The number of nitrogens with zero attached hydrogens (tertiary/aromatic N) is 1. The third kappa shape index (κ3) is 3.13. The van der Waals surface area contributed by atoms with Gasteiger partial charge in [0.25, 0.3) is 0 Å². The van der Waals surface area contributed by atoms with Crippen LogP contribution in [0.15, 0.2) is 0 Å². The highest BCUT2D eigenvalue weighted by atomic mass is 16.7. The van der Waals surface area contributed by atoms with Crippen molar-refractivity contribution in [2.45, 2.75) is 50.2 Å². The molecule has 0 amide bonds. The topological polar surface area (TPSA) is 123 Å². The highest BCUT2D eigenvalue weighted by Gasteiger charge is 2.45. The van der Waals surface area contributed by atoms with Gasteiger partial charge in [-0.2, -0.15) is 5.26 Å². The molecule has 5 atom stereocenters. The number of nitriles is 1. The largest absolute Gasteiger partial charge is 0.394 e. The first-order chi connectivity index (χ1) is 7.82. The highest BCUT2D eigenvalue weighted by Crippen LogP contribution is 2.25. The molecule has 0 spiro atoms. The Morgan fingerprint density at radius 1 is 1.24 bits per heavy atom. The molecule has 0 aliphatic carbocycles. The molecule has 1 aliphatic heterocycles. The van der Waals surface area contributed by atoms with Crippen LogP contribution in [-0.4, -0.2) is 63.3 Å². The van der Waals surface area contributed by atoms with Crippen LogP contribution < -0.4 is 0 Å². The highest BCUT2D eigenvalue weighted by molar-refractivity contribution is 4.97. The first kappa shape index (κ1) is 14.3. The maximum absolute atomic E-state index is 9.63. The number of hydrogen-bond acceptors (Lipinski definition) is 7. The van der Waals surface area contributed by atoms with Crippen LogP contribution in [0.4, 0.5) is 0 Å². The first-order valence-corrected chi connectivity index (χ1v) is 5.22. The fourth-order valence-electron chi connectivity index (χ4n) is 1.48. The van der Waals surface area contributed by atoms with E-state index in [-0.39, 0.29) is 0 Å². The van der Waals surface area contributed by atoms with Gasteiger partial charge < -0.3 is 29.9 Å². The van der Waals surface area contributed by atoms with Gasteiger partial charge in [-0.1, -0.05) is 0 Å². The third-order valence-electron chi connectivity index (χ3n) is 2.53. The van der Waals surface area contributed by atoms with Crippen molar-refractivity contribution in [1.29, 1.82) is 5.26 Å². The van der Waals surface area contributed by atoms with Gasteiger partial charge in [-0.25, -0.2) is 0 Å². The van der Waals surface area contributed by atoms with Crippen LogP contribution in [0.2, 0.25) is 0 Å². The monoisotopic (exact) mass is 247 g/mol. The molecule has 7 nitrogen and oxygen atoms in total. The van der Waals surface area contributed by atoms with E-state index in [9.17, 15) is 15.3 Å². The summed E-state index contributed by atoms with van der Waals surface area (Å²) >= 11 is 0. The minimum atomic E-state index is -1.50. The molecule has 1 saturated heterocycles. The molecule has 0 unspecified atom stereocenters. The summed E-state index contributed by atoms with van der Waals surface area (Å²) in [4.78, 5) is 0. The molecule has 0 aromatic heterocycles. The fourth-order valence-corrected chi connectivity index (χ4v) is 1.48. The number of rotatable bonds is 3. The second kappa shape index (κ2) is 5.27. The van der Waals surface area contributed by atoms with E-state index in [0.717, 1.165) is 0 Å². The van der Waals surface area contributed by atoms with E-state index in [1.807, 2.05) is 6.07 Å². The van der Waals surface area contributed by atoms with Crippen molar-refractivity contribution in [1.82, 2.24) is 0 Å². The van der Waals surface area contributed by atoms with Gasteiger partial charge in [0.05, 0.1) is 12.7 Å². The SMILES string of the molecule is CC(C)(C#N)O[C@@H]1O[C@@H](CO)[C@H](O)[C@@H](O)[C@@H]1O. The molecule has 17 heavy (non-hydrogen) atoms. The Morgan fingerprint density at radius 2 is 1.82 bits per heavy atom. The van der Waals surface area contributed by atoms with Crippen LogP contribution in [0.5, 0.6) is 0 Å². The zero-order chi connectivity index (χ0) is 13.2. The van der Waals surface area contributed by atoms with Gasteiger partial charge in [-0.05, 0) is 13.8 Å². The second-order valence-electron chi connectivity index (χ2n) is 4.44. The minimum Gasteiger partial charge on any atom is -0.394 e. The Bertz CT molecular complexity index is 300. The molecule has 1 fully saturated rings. The van der Waals surface area contributed by atoms with E-state index in [0.29, 0.717) is 0 Å². The Labute approximate surface area is 98.8 Å². The van der Waals surface area contributed by atoms with Crippen molar-refractivity contribution in [3.8, 4) is 6.07 Å². The van der Waals surface area contributed by atoms with Crippen molar-refractivity contribution in [2.24, 2.45) is 0 Å². The van der Waals surface area contributed by atoms with Crippen LogP contribution in [-0.2, 0) is 9.47 Å². The number of hydrogen-bond donors (Lipinski definition) is 4. The smallest absolute Gasteiger partial charge is 0.188 e. The van der Waals surface area contributed by atoms with E-state index in [2.05, 4.69) is 0 Å². The molecule has 4 N–H and O–H groups in total. The van der Waals surface area contributed by atoms with Gasteiger partial charge in [0, 0.05) is 0 Å². The summed E-state index contributed by atoms with van der Waals surface area (Å²) in [5.41, 5.74) is -1.21. The predicted molar refractivity (Wildman–Crippen MR) is 54.5 cm³/mol. The molecule has 0 aromatic carbocycles. The van der Waals surface area contributed by atoms with Crippen molar-refractivity contribution in [2.75, 3.05) is 6.61 Å². The molecular formula is C10H17NO6. The van der Waals surface area contributed by atoms with Gasteiger partial charge in [0.1, 0.15) is 24.4 Å². The zero-order valence-corrected chi connectivity index (χ0v) is 9.65. The summed E-state index contributed by atoms with van der Waals surface area (Å²) < 4.78 is 10.3. The average Bonchev–Trinajstić information content (AvgIpc) is 2.30. The minimum absolute atomic E-state index is 0.530. The van der Waals surface area contributed by atoms with E-state index in [4.69, 9.17) is 19.8 Å². The Morgan fingerprint density at radius 3 is 2.29 bits per heavy atom. The summed E-state index contributed by atoms with van der Waals surface area (Å²) in [6.07, 6.45) is -6.73. The number of ether oxygens (including phenoxy) is 2. The predicted octanol–water partition coefficient (Wildman–Crippen LogP) is -1.89. The molecule has 0 radical (unpaired) electrons. The van der Waals surface area contributed by atoms with Crippen LogP contribution >= 0.6 is 0 Å². The summed E-state index contributed by atoms with van der Waals surface area (Å²) in [7, 11) is 0. The Balaban J connectivity index is 2.76. The third-order valence-corrected chi connectivity index (χ3v) is 2.53. The molecular weight excluding hydrogens is 230 g/mol. The van der Waals surface area contributed by atoms with Crippen LogP contribution in [0, 0.1) is 11.3 Å². The standard InChI is InChI=1S/C10H17NO6/c1-10(2,4-11)17-9-8(15)7(14)6(13)5(3-12)16-9/h5-9,12-15H,3H2,1-2H3/t5-,6-,7+,8-,9-/m0/s1. The van der Waals surface area contributed by atoms with Crippen LogP contribution in [0.3, 0.4) is 0 Å². The first-order valence-electron chi connectivity index (χ1n) is 5.22. The Hall–Kier alpha value is -0.750. The lowest BCUT2D eigenvalue weighted by molar-refractivity contribution is -0.316. The van der Waals surface area contributed by atoms with Gasteiger partial charge in [0.15, 0.2) is 11.9 Å². The second-order valence-corrected chi connectivity index (χ2v) is 4.44. The number of aliphatic hydroxyl groups excluding tert-OH is 4. The maximum atomic E-state index is 9.63. The summed E-state index contributed by atoms with van der Waals surface area (Å²) in [5.74, 6) is 0. The average molecular weight is 247 g/mol. The van der Waals surface area contributed by atoms with E-state index in [1.54, 1.807) is 0 Å². The van der Waals surface area contributed by atoms with Gasteiger partial charge in [0.2, 0.25) is 0 Å². The summed E-state index contributed by atoms with van der Waals surface area (Å²) in [6, 6.07) is 1.85. The van der Waals surface area contributed by atoms with Crippen LogP contribution in [0.25, 0.3) is 0 Å². The van der Waals surface area contributed by atoms with Crippen molar-refractivity contribution >= 4 is 0 Å². The van der Waals surface area contributed by atoms with Gasteiger partial charge in [-0.15, -0.1) is 0 Å². The van der Waals surface area contributed by atoms with Crippen molar-refractivity contribution in [3.63, 3.8) is 0 Å².